The molecule has 9 nitrogen and oxygen atoms in total. The average Bonchev–Trinajstić information content (AvgIpc) is 3.01. The van der Waals surface area contributed by atoms with Gasteiger partial charge in [-0.3, -0.25) is 14.4 Å². The van der Waals surface area contributed by atoms with Gasteiger partial charge >= 0.3 is 11.9 Å². The highest BCUT2D eigenvalue weighted by Gasteiger charge is 2.57. The van der Waals surface area contributed by atoms with Crippen molar-refractivity contribution in [2.75, 3.05) is 6.79 Å². The van der Waals surface area contributed by atoms with E-state index in [4.69, 9.17) is 4.74 Å². The van der Waals surface area contributed by atoms with E-state index in [2.05, 4.69) is 10.1 Å². The van der Waals surface area contributed by atoms with Gasteiger partial charge in [0.25, 0.3) is 0 Å². The van der Waals surface area contributed by atoms with Gasteiger partial charge in [0.2, 0.25) is 19.1 Å². The van der Waals surface area contributed by atoms with Crippen molar-refractivity contribution in [1.29, 1.82) is 0 Å². The van der Waals surface area contributed by atoms with Gasteiger partial charge in [-0.2, -0.15) is 0 Å². The number of esters is 2. The van der Waals surface area contributed by atoms with E-state index < -0.39 is 30.8 Å². The number of carbonyl (C=O) groups excluding carboxylic acids is 4. The molecule has 1 aromatic rings. The van der Waals surface area contributed by atoms with Crippen molar-refractivity contribution in [2.24, 2.45) is 5.92 Å². The van der Waals surface area contributed by atoms with Crippen LogP contribution in [-0.2, 0) is 35.2 Å². The second-order valence-corrected chi connectivity index (χ2v) is 6.95. The van der Waals surface area contributed by atoms with E-state index >= 15 is 0 Å². The number of benzene rings is 1. The summed E-state index contributed by atoms with van der Waals surface area (Å²) in [7, 11) is 0. The molecule has 0 aliphatic carbocycles. The van der Waals surface area contributed by atoms with E-state index in [0.717, 1.165) is 11.1 Å². The molecule has 0 aromatic heterocycles. The molecule has 9 heteroatoms. The Kier molecular flexibility index (Phi) is 5.97. The van der Waals surface area contributed by atoms with E-state index in [1.807, 2.05) is 12.1 Å². The lowest BCUT2D eigenvalue weighted by Gasteiger charge is -2.44. The Bertz CT molecular complexity index is 860. The number of rotatable bonds is 8. The van der Waals surface area contributed by atoms with Crippen molar-refractivity contribution in [3.05, 3.63) is 41.1 Å². The topological polar surface area (TPSA) is 122 Å². The van der Waals surface area contributed by atoms with Gasteiger partial charge in [-0.15, -0.1) is 0 Å². The van der Waals surface area contributed by atoms with Crippen molar-refractivity contribution < 1.29 is 33.8 Å². The molecular formula is C20H22N2O7. The number of hydrogen-bond acceptors (Lipinski definition) is 7. The zero-order valence-electron chi connectivity index (χ0n) is 16.1. The van der Waals surface area contributed by atoms with Gasteiger partial charge in [-0.25, -0.2) is 4.79 Å². The van der Waals surface area contributed by atoms with Gasteiger partial charge in [0, 0.05) is 13.5 Å². The predicted octanol–water partition coefficient (Wildman–Crippen LogP) is 0.319. The number of amides is 2. The van der Waals surface area contributed by atoms with E-state index in [0.29, 0.717) is 24.9 Å². The second kappa shape index (κ2) is 8.44. The molecular weight excluding hydrogens is 380 g/mol. The maximum atomic E-state index is 12.7. The molecule has 3 atom stereocenters. The number of aliphatic hydroxyl groups is 1. The van der Waals surface area contributed by atoms with Crippen LogP contribution in [0, 0.1) is 5.92 Å². The molecule has 0 bridgehead atoms. The van der Waals surface area contributed by atoms with Crippen LogP contribution in [0.2, 0.25) is 0 Å². The molecule has 2 heterocycles. The van der Waals surface area contributed by atoms with E-state index in [9.17, 15) is 24.3 Å². The van der Waals surface area contributed by atoms with Crippen LogP contribution in [0.15, 0.2) is 30.0 Å². The maximum absolute atomic E-state index is 12.7. The maximum Gasteiger partial charge on any atom is 0.358 e. The zero-order valence-corrected chi connectivity index (χ0v) is 16.1. The smallest absolute Gasteiger partial charge is 0.358 e. The number of nitrogens with zero attached hydrogens (tertiary/aromatic N) is 1. The molecule has 0 radical (unpaired) electrons. The molecule has 0 spiro atoms. The summed E-state index contributed by atoms with van der Waals surface area (Å²) in [6.07, 6.45) is 0.168. The fraction of sp³-hybridized carbons (Fsp3) is 0.400. The van der Waals surface area contributed by atoms with Gasteiger partial charge in [-0.1, -0.05) is 24.3 Å². The second-order valence-electron chi connectivity index (χ2n) is 6.95. The van der Waals surface area contributed by atoms with E-state index in [-0.39, 0.29) is 17.6 Å². The minimum absolute atomic E-state index is 0.0998. The Hall–Kier alpha value is -3.20. The SMILES string of the molecule is CC(=O)OCOC(=O)C1=C(c2ccc(CNC=O)cc2)C[C@@H]2[C@@H]([C@@H](C)O)C(=O)N12. The standard InChI is InChI=1S/C20H22N2O7/c1-11(24)17-16-7-15(14-5-3-13(4-6-14)8-21-9-23)18(22(16)19(17)26)20(27)29-10-28-12(2)25/h3-6,9,11,16-17,24H,7-8,10H2,1-2H3,(H,21,23)/t11-,16-,17-/m1/s1. The van der Waals surface area contributed by atoms with Crippen LogP contribution in [0.5, 0.6) is 0 Å². The van der Waals surface area contributed by atoms with Crippen molar-refractivity contribution in [2.45, 2.75) is 39.0 Å². The first-order chi connectivity index (χ1) is 13.8. The first kappa shape index (κ1) is 20.5. The largest absolute Gasteiger partial charge is 0.428 e. The van der Waals surface area contributed by atoms with Gasteiger partial charge in [-0.05, 0) is 30.0 Å². The number of carbonyl (C=O) groups is 4. The van der Waals surface area contributed by atoms with Gasteiger partial charge in [0.15, 0.2) is 0 Å². The fourth-order valence-electron chi connectivity index (χ4n) is 3.73. The van der Waals surface area contributed by atoms with Crippen molar-refractivity contribution in [3.8, 4) is 0 Å². The highest BCUT2D eigenvalue weighted by Crippen LogP contribution is 2.47. The molecule has 0 saturated carbocycles. The molecule has 2 aliphatic rings. The van der Waals surface area contributed by atoms with E-state index in [1.54, 1.807) is 19.1 Å². The molecule has 1 saturated heterocycles. The van der Waals surface area contributed by atoms with Crippen molar-refractivity contribution in [3.63, 3.8) is 0 Å². The number of hydrogen-bond donors (Lipinski definition) is 2. The summed E-state index contributed by atoms with van der Waals surface area (Å²) in [5.41, 5.74) is 2.32. The third-order valence-corrected chi connectivity index (χ3v) is 5.07. The Morgan fingerprint density at radius 1 is 1.31 bits per heavy atom. The number of fused-ring (bicyclic) bond motifs is 1. The number of β-lactam (4-membered cyclic amide) rings is 1. The molecule has 2 N–H and O–H groups in total. The predicted molar refractivity (Wildman–Crippen MR) is 99.4 cm³/mol. The van der Waals surface area contributed by atoms with Crippen LogP contribution in [0.3, 0.4) is 0 Å². The summed E-state index contributed by atoms with van der Waals surface area (Å²) in [6.45, 7) is 2.56. The molecule has 29 heavy (non-hydrogen) atoms. The summed E-state index contributed by atoms with van der Waals surface area (Å²) >= 11 is 0. The molecule has 2 aliphatic heterocycles. The zero-order chi connectivity index (χ0) is 21.1. The quantitative estimate of drug-likeness (QED) is 0.278. The molecule has 154 valence electrons. The van der Waals surface area contributed by atoms with Crippen LogP contribution in [0.1, 0.15) is 31.4 Å². The third-order valence-electron chi connectivity index (χ3n) is 5.07. The number of aliphatic hydroxyl groups excluding tert-OH is 1. The normalized spacial score (nSPS) is 21.2. The Labute approximate surface area is 167 Å². The van der Waals surface area contributed by atoms with Crippen LogP contribution < -0.4 is 5.32 Å². The number of nitrogens with one attached hydrogen (secondary N) is 1. The van der Waals surface area contributed by atoms with E-state index in [1.165, 1.54) is 11.8 Å². The summed E-state index contributed by atoms with van der Waals surface area (Å²) in [5, 5.41) is 12.5. The fourth-order valence-corrected chi connectivity index (χ4v) is 3.73. The summed E-state index contributed by atoms with van der Waals surface area (Å²) in [6, 6.07) is 6.88. The van der Waals surface area contributed by atoms with Crippen LogP contribution in [-0.4, -0.2) is 53.2 Å². The third kappa shape index (κ3) is 4.00. The summed E-state index contributed by atoms with van der Waals surface area (Å²) in [4.78, 5) is 47.9. The Balaban J connectivity index is 1.88. The average molecular weight is 402 g/mol. The molecule has 3 rings (SSSR count). The minimum Gasteiger partial charge on any atom is -0.428 e. The van der Waals surface area contributed by atoms with Gasteiger partial charge in [0.05, 0.1) is 18.1 Å². The van der Waals surface area contributed by atoms with Crippen LogP contribution in [0.25, 0.3) is 5.57 Å². The molecule has 2 amide bonds. The highest BCUT2D eigenvalue weighted by molar-refractivity contribution is 6.06. The highest BCUT2D eigenvalue weighted by atomic mass is 16.7. The molecule has 0 unspecified atom stereocenters. The Morgan fingerprint density at radius 2 is 2.00 bits per heavy atom. The molecule has 1 fully saturated rings. The molecule has 1 aromatic carbocycles. The first-order valence-corrected chi connectivity index (χ1v) is 9.16. The monoisotopic (exact) mass is 402 g/mol. The minimum atomic E-state index is -0.835. The van der Waals surface area contributed by atoms with Crippen LogP contribution in [0.4, 0.5) is 0 Å². The van der Waals surface area contributed by atoms with Gasteiger partial charge < -0.3 is 24.8 Å². The summed E-state index contributed by atoms with van der Waals surface area (Å²) in [5.74, 6) is -2.29. The van der Waals surface area contributed by atoms with Crippen LogP contribution >= 0.6 is 0 Å². The van der Waals surface area contributed by atoms with Gasteiger partial charge in [0.1, 0.15) is 5.70 Å². The van der Waals surface area contributed by atoms with Crippen molar-refractivity contribution >= 4 is 29.8 Å². The Morgan fingerprint density at radius 3 is 2.59 bits per heavy atom. The lowest BCUT2D eigenvalue weighted by molar-refractivity contribution is -0.170. The lowest BCUT2D eigenvalue weighted by atomic mass is 9.82. The first-order valence-electron chi connectivity index (χ1n) is 9.16. The van der Waals surface area contributed by atoms with Crippen molar-refractivity contribution in [1.82, 2.24) is 10.2 Å². The number of ether oxygens (including phenoxy) is 2. The summed E-state index contributed by atoms with van der Waals surface area (Å²) < 4.78 is 9.67. The lowest BCUT2D eigenvalue weighted by Crippen LogP contribution is -2.61.